The number of thiol groups is 2. The van der Waals surface area contributed by atoms with Crippen LogP contribution in [0.15, 0.2) is 43.4 Å². The molecule has 0 aromatic carbocycles. The van der Waals surface area contributed by atoms with E-state index in [0.717, 1.165) is 5.56 Å². The number of alkyl halides is 1. The second-order valence-electron chi connectivity index (χ2n) is 10.7. The third kappa shape index (κ3) is 5.60. The summed E-state index contributed by atoms with van der Waals surface area (Å²) in [7, 11) is 0. The van der Waals surface area contributed by atoms with Crippen molar-refractivity contribution in [3.05, 3.63) is 54.6 Å². The van der Waals surface area contributed by atoms with Gasteiger partial charge in [0, 0.05) is 18.6 Å². The number of amides is 1. The van der Waals surface area contributed by atoms with Crippen molar-refractivity contribution in [1.29, 1.82) is 0 Å². The lowest BCUT2D eigenvalue weighted by molar-refractivity contribution is -0.0407. The number of carbonyl (C=O) groups is 1. The molecule has 2 N–H and O–H groups in total. The molecule has 1 saturated carbocycles. The number of primary amides is 1. The van der Waals surface area contributed by atoms with Crippen molar-refractivity contribution in [2.75, 3.05) is 19.8 Å². The summed E-state index contributed by atoms with van der Waals surface area (Å²) in [6, 6.07) is 3.33. The van der Waals surface area contributed by atoms with Gasteiger partial charge in [0.25, 0.3) is 5.91 Å². The molecule has 0 spiro atoms. The van der Waals surface area contributed by atoms with Gasteiger partial charge in [0.1, 0.15) is 24.2 Å². The van der Waals surface area contributed by atoms with Gasteiger partial charge in [-0.3, -0.25) is 27.8 Å². The molecular weight excluding hydrogens is 659 g/mol. The SMILES string of the molecule is NC(=O)c1cc([C@@H]2C[C@@H]3CO[P@](=O)(S)O[C@H]4[C@@H](F)[C@H](n5cnc6c5ncn5ccnc65)O[C@@H]4CO[P@@](=O)(S)OC[C@H]32)ccn1. The number of fused-ring (bicyclic) bond motifs is 5. The summed E-state index contributed by atoms with van der Waals surface area (Å²) >= 11 is 8.25. The lowest BCUT2D eigenvalue weighted by atomic mass is 9.63. The highest BCUT2D eigenvalue weighted by atomic mass is 32.7. The Morgan fingerprint density at radius 3 is 2.61 bits per heavy atom. The highest BCUT2D eigenvalue weighted by Crippen LogP contribution is 2.61. The largest absolute Gasteiger partial charge is 0.386 e. The molecule has 6 heterocycles. The van der Waals surface area contributed by atoms with Crippen LogP contribution in [0.1, 0.15) is 34.6 Å². The predicted octanol–water partition coefficient (Wildman–Crippen LogP) is 3.75. The maximum absolute atomic E-state index is 16.1. The third-order valence-electron chi connectivity index (χ3n) is 8.18. The highest BCUT2D eigenvalue weighted by molar-refractivity contribution is 8.44. The summed E-state index contributed by atoms with van der Waals surface area (Å²) in [6.45, 7) is -8.76. The first-order valence-corrected chi connectivity index (χ1v) is 18.9. The van der Waals surface area contributed by atoms with Gasteiger partial charge in [0.15, 0.2) is 29.2 Å². The topological polar surface area (TPSA) is 184 Å². The fourth-order valence-electron chi connectivity index (χ4n) is 5.92. The minimum absolute atomic E-state index is 0.0658. The number of hydrogen-bond donors (Lipinski definition) is 3. The van der Waals surface area contributed by atoms with Crippen LogP contribution in [0.5, 0.6) is 0 Å². The highest BCUT2D eigenvalue weighted by Gasteiger charge is 2.52. The number of ether oxygens (including phenoxy) is 1. The van der Waals surface area contributed by atoms with Gasteiger partial charge in [-0.1, -0.05) is 24.5 Å². The molecule has 1 amide bonds. The van der Waals surface area contributed by atoms with E-state index in [2.05, 4.69) is 44.4 Å². The van der Waals surface area contributed by atoms with Crippen LogP contribution in [0.4, 0.5) is 4.39 Å². The van der Waals surface area contributed by atoms with Gasteiger partial charge in [0.05, 0.1) is 26.1 Å². The molecule has 9 atom stereocenters. The molecule has 0 bridgehead atoms. The summed E-state index contributed by atoms with van der Waals surface area (Å²) in [4.78, 5) is 28.6. The van der Waals surface area contributed by atoms with Gasteiger partial charge < -0.3 is 19.5 Å². The minimum atomic E-state index is -4.15. The van der Waals surface area contributed by atoms with Gasteiger partial charge >= 0.3 is 13.6 Å². The monoisotopic (exact) mass is 685 g/mol. The molecule has 7 rings (SSSR count). The van der Waals surface area contributed by atoms with Crippen molar-refractivity contribution in [2.45, 2.75) is 36.9 Å². The Balaban J connectivity index is 1.13. The second-order valence-corrected chi connectivity index (χ2v) is 16.5. The van der Waals surface area contributed by atoms with E-state index in [9.17, 15) is 13.9 Å². The summed E-state index contributed by atoms with van der Waals surface area (Å²) < 4.78 is 74.2. The molecule has 0 radical (unpaired) electrons. The van der Waals surface area contributed by atoms with Crippen LogP contribution in [-0.2, 0) is 32.0 Å². The van der Waals surface area contributed by atoms with E-state index in [1.165, 1.54) is 23.4 Å². The molecule has 2 saturated heterocycles. The van der Waals surface area contributed by atoms with E-state index in [4.69, 9.17) is 28.6 Å². The minimum Gasteiger partial charge on any atom is -0.364 e. The van der Waals surface area contributed by atoms with Gasteiger partial charge in [0.2, 0.25) is 0 Å². The van der Waals surface area contributed by atoms with Crippen molar-refractivity contribution in [2.24, 2.45) is 17.6 Å². The van der Waals surface area contributed by atoms with E-state index in [0.29, 0.717) is 23.2 Å². The molecule has 0 unspecified atom stereocenters. The molecule has 4 aromatic rings. The molecule has 1 aliphatic carbocycles. The van der Waals surface area contributed by atoms with Crippen LogP contribution in [0.25, 0.3) is 16.8 Å². The van der Waals surface area contributed by atoms with Gasteiger partial charge in [-0.05, 0) is 41.9 Å². The van der Waals surface area contributed by atoms with Crippen LogP contribution in [0, 0.1) is 11.8 Å². The number of nitrogens with two attached hydrogens (primary N) is 1. The van der Waals surface area contributed by atoms with Gasteiger partial charge in [-0.25, -0.2) is 28.5 Å². The average Bonchev–Trinajstić information content (AvgIpc) is 3.68. The zero-order valence-electron chi connectivity index (χ0n) is 22.6. The number of pyridine rings is 1. The number of imidazole rings is 2. The van der Waals surface area contributed by atoms with Crippen molar-refractivity contribution in [3.63, 3.8) is 0 Å². The van der Waals surface area contributed by atoms with E-state index in [-0.39, 0.29) is 36.7 Å². The predicted molar refractivity (Wildman–Crippen MR) is 158 cm³/mol. The Hall–Kier alpha value is -2.40. The number of halogens is 1. The average molecular weight is 686 g/mol. The third-order valence-corrected chi connectivity index (χ3v) is 11.4. The Bertz CT molecular complexity index is 1850. The van der Waals surface area contributed by atoms with Gasteiger partial charge in [-0.15, -0.1) is 0 Å². The number of nitrogens with zero attached hydrogens (tertiary/aromatic N) is 6. The molecule has 2 aliphatic heterocycles. The first kappa shape index (κ1) is 30.3. The van der Waals surface area contributed by atoms with Crippen molar-refractivity contribution in [3.8, 4) is 0 Å². The Kier molecular flexibility index (Phi) is 7.87. The molecule has 44 heavy (non-hydrogen) atoms. The zero-order valence-corrected chi connectivity index (χ0v) is 26.2. The molecule has 20 heteroatoms. The van der Waals surface area contributed by atoms with E-state index in [1.54, 1.807) is 28.9 Å². The molecule has 4 aromatic heterocycles. The standard InChI is InChI=1S/C24H26FN7O8P2S2/c25-18-20-17(39-24(18)32-11-29-19-22-28-3-4-31(22)10-30-23(19)32)9-38-41(34,43)37-8-15-13(7-36-42(35,44)40-20)5-14(15)12-1-2-27-16(6-12)21(26)33/h1-4,6,10-11,13-15,17-18,20,24H,5,7-9H2,(H2,26,33)(H,34,43)(H,35,44)/t13-,14+,15-,17-,18-,20-,24-,41+,42+/m1/s1. The molecule has 3 aliphatic rings. The molecule has 15 nitrogen and oxygen atoms in total. The second kappa shape index (κ2) is 11.4. The van der Waals surface area contributed by atoms with Crippen LogP contribution >= 0.6 is 38.1 Å². The van der Waals surface area contributed by atoms with Crippen LogP contribution in [0.3, 0.4) is 0 Å². The first-order chi connectivity index (χ1) is 21.0. The van der Waals surface area contributed by atoms with Crippen LogP contribution in [0.2, 0.25) is 0 Å². The lowest BCUT2D eigenvalue weighted by Gasteiger charge is -2.45. The summed E-state index contributed by atoms with van der Waals surface area (Å²) in [5, 5.41) is 0. The number of rotatable bonds is 3. The first-order valence-electron chi connectivity index (χ1n) is 13.5. The van der Waals surface area contributed by atoms with Crippen LogP contribution < -0.4 is 5.73 Å². The zero-order chi connectivity index (χ0) is 30.8. The number of aromatic nitrogens is 6. The van der Waals surface area contributed by atoms with Crippen molar-refractivity contribution >= 4 is 60.8 Å². The normalized spacial score (nSPS) is 36.5. The lowest BCUT2D eigenvalue weighted by Crippen LogP contribution is -2.40. The summed E-state index contributed by atoms with van der Waals surface area (Å²) in [5.41, 5.74) is 7.48. The fraction of sp³-hybridized carbons (Fsp3) is 0.458. The van der Waals surface area contributed by atoms with E-state index >= 15 is 4.39 Å². The Labute approximate surface area is 259 Å². The summed E-state index contributed by atoms with van der Waals surface area (Å²) in [6.07, 6.45) is 2.19. The fourth-order valence-corrected chi connectivity index (χ4v) is 8.62. The van der Waals surface area contributed by atoms with Gasteiger partial charge in [-0.2, -0.15) is 0 Å². The van der Waals surface area contributed by atoms with E-state index < -0.39 is 50.7 Å². The molecule has 234 valence electrons. The van der Waals surface area contributed by atoms with Crippen molar-refractivity contribution < 1.29 is 41.1 Å². The van der Waals surface area contributed by atoms with E-state index in [1.807, 2.05) is 0 Å². The molecule has 3 fully saturated rings. The smallest absolute Gasteiger partial charge is 0.364 e. The number of hydrogen-bond acceptors (Lipinski definition) is 12. The maximum atomic E-state index is 16.1. The number of carbonyl (C=O) groups excluding carboxylic acids is 1. The Morgan fingerprint density at radius 2 is 1.80 bits per heavy atom. The van der Waals surface area contributed by atoms with Crippen molar-refractivity contribution in [1.82, 2.24) is 28.9 Å². The Morgan fingerprint density at radius 1 is 1.00 bits per heavy atom. The quantitative estimate of drug-likeness (QED) is 0.210. The summed E-state index contributed by atoms with van der Waals surface area (Å²) in [5.74, 6) is -1.36. The van der Waals surface area contributed by atoms with Crippen LogP contribution in [-0.4, -0.2) is 73.0 Å². The molecular formula is C24H26FN7O8P2S2. The maximum Gasteiger partial charge on any atom is 0.386 e.